The Kier molecular flexibility index (Phi) is 5.89. The van der Waals surface area contributed by atoms with Crippen molar-refractivity contribution >= 4 is 17.2 Å². The number of amidine groups is 1. The van der Waals surface area contributed by atoms with Gasteiger partial charge in [0.2, 0.25) is 0 Å². The quantitative estimate of drug-likeness (QED) is 0.533. The normalized spacial score (nSPS) is 17.4. The van der Waals surface area contributed by atoms with Crippen molar-refractivity contribution in [3.05, 3.63) is 33.7 Å². The molecule has 0 atom stereocenters. The summed E-state index contributed by atoms with van der Waals surface area (Å²) in [6.07, 6.45) is 3.13. The molecule has 23 heavy (non-hydrogen) atoms. The number of aliphatic imine (C=N–C) groups is 1. The number of hydrogen-bond donors (Lipinski definition) is 0. The van der Waals surface area contributed by atoms with Gasteiger partial charge in [-0.05, 0) is 32.8 Å². The maximum atomic E-state index is 12.6. The molecule has 0 saturated heterocycles. The molecule has 2 rings (SSSR count). The minimum Gasteiger partial charge on any atom is -0.356 e. The summed E-state index contributed by atoms with van der Waals surface area (Å²) in [5, 5.41) is 0. The van der Waals surface area contributed by atoms with E-state index in [1.807, 2.05) is 27.0 Å². The summed E-state index contributed by atoms with van der Waals surface area (Å²) in [6, 6.07) is 2.07. The van der Waals surface area contributed by atoms with E-state index in [1.165, 1.54) is 24.2 Å². The fraction of sp³-hybridized carbons (Fsp3) is 0.588. The van der Waals surface area contributed by atoms with E-state index in [4.69, 9.17) is 0 Å². The van der Waals surface area contributed by atoms with Crippen LogP contribution >= 0.6 is 11.3 Å². The van der Waals surface area contributed by atoms with Crippen molar-refractivity contribution in [2.75, 3.05) is 7.05 Å². The highest BCUT2D eigenvalue weighted by atomic mass is 32.1. The zero-order chi connectivity index (χ0) is 17.0. The third kappa shape index (κ3) is 4.83. The van der Waals surface area contributed by atoms with Gasteiger partial charge < -0.3 is 4.90 Å². The van der Waals surface area contributed by atoms with Gasteiger partial charge in [-0.1, -0.05) is 18.9 Å². The zero-order valence-electron chi connectivity index (χ0n) is 13.8. The molecule has 0 aromatic carbocycles. The van der Waals surface area contributed by atoms with E-state index in [1.54, 1.807) is 12.3 Å². The Labute approximate surface area is 139 Å². The molecule has 1 fully saturated rings. The molecular weight excluding hydrogens is 321 g/mol. The van der Waals surface area contributed by atoms with Crippen molar-refractivity contribution < 1.29 is 13.2 Å². The lowest BCUT2D eigenvalue weighted by atomic mass is 10.1. The summed E-state index contributed by atoms with van der Waals surface area (Å²) in [5.41, 5.74) is 0.821. The van der Waals surface area contributed by atoms with Crippen LogP contribution in [0.25, 0.3) is 0 Å². The van der Waals surface area contributed by atoms with Crippen molar-refractivity contribution in [3.8, 4) is 0 Å². The van der Waals surface area contributed by atoms with Crippen LogP contribution in [0.2, 0.25) is 0 Å². The molecule has 0 amide bonds. The van der Waals surface area contributed by atoms with Crippen LogP contribution in [-0.4, -0.2) is 30.0 Å². The third-order valence-corrected chi connectivity index (χ3v) is 5.19. The summed E-state index contributed by atoms with van der Waals surface area (Å²) in [6.45, 7) is 3.75. The Hall–Kier alpha value is -1.30. The van der Waals surface area contributed by atoms with E-state index < -0.39 is 12.6 Å². The molecule has 0 radical (unpaired) electrons. The highest BCUT2D eigenvalue weighted by Gasteiger charge is 2.30. The first-order valence-electron chi connectivity index (χ1n) is 7.90. The van der Waals surface area contributed by atoms with Crippen LogP contribution in [0.1, 0.15) is 47.9 Å². The van der Waals surface area contributed by atoms with Crippen molar-refractivity contribution in [3.63, 3.8) is 0 Å². The van der Waals surface area contributed by atoms with Crippen LogP contribution < -0.4 is 0 Å². The predicted molar refractivity (Wildman–Crippen MR) is 90.2 cm³/mol. The van der Waals surface area contributed by atoms with Gasteiger partial charge in [0, 0.05) is 34.6 Å². The van der Waals surface area contributed by atoms with E-state index in [9.17, 15) is 13.2 Å². The van der Waals surface area contributed by atoms with Crippen molar-refractivity contribution in [1.82, 2.24) is 4.90 Å². The maximum Gasteiger partial charge on any atom is 0.393 e. The first kappa shape index (κ1) is 18.0. The minimum absolute atomic E-state index is 0.345. The molecule has 1 aromatic heterocycles. The van der Waals surface area contributed by atoms with Crippen LogP contribution in [0.3, 0.4) is 0 Å². The summed E-state index contributed by atoms with van der Waals surface area (Å²) in [5.74, 6) is 0.775. The summed E-state index contributed by atoms with van der Waals surface area (Å²) in [4.78, 5) is 7.89. The lowest BCUT2D eigenvalue weighted by molar-refractivity contribution is -0.126. The average molecular weight is 344 g/mol. The van der Waals surface area contributed by atoms with Gasteiger partial charge in [0.15, 0.2) is 0 Å². The molecule has 1 aliphatic carbocycles. The van der Waals surface area contributed by atoms with Crippen LogP contribution in [0.5, 0.6) is 0 Å². The summed E-state index contributed by atoms with van der Waals surface area (Å²) >= 11 is 1.21. The van der Waals surface area contributed by atoms with Crippen molar-refractivity contribution in [2.24, 2.45) is 4.99 Å². The first-order chi connectivity index (χ1) is 10.8. The van der Waals surface area contributed by atoms with Crippen LogP contribution in [0, 0.1) is 6.92 Å². The number of aryl methyl sites for hydroxylation is 1. The van der Waals surface area contributed by atoms with E-state index in [0.717, 1.165) is 29.1 Å². The zero-order valence-corrected chi connectivity index (χ0v) is 14.6. The molecule has 1 saturated carbocycles. The molecular formula is C17H23F3N2S. The summed E-state index contributed by atoms with van der Waals surface area (Å²) < 4.78 is 37.9. The predicted octanol–water partition coefficient (Wildman–Crippen LogP) is 5.32. The van der Waals surface area contributed by atoms with Gasteiger partial charge in [0.05, 0.1) is 6.42 Å². The van der Waals surface area contributed by atoms with Gasteiger partial charge in [0.25, 0.3) is 0 Å². The van der Waals surface area contributed by atoms with E-state index in [0.29, 0.717) is 10.9 Å². The van der Waals surface area contributed by atoms with Gasteiger partial charge in [0.1, 0.15) is 5.84 Å². The average Bonchev–Trinajstić information content (AvgIpc) is 3.08. The monoisotopic (exact) mass is 344 g/mol. The number of rotatable bonds is 4. The number of nitrogens with zero attached hydrogens (tertiary/aromatic N) is 2. The molecule has 1 aromatic rings. The van der Waals surface area contributed by atoms with Gasteiger partial charge in [-0.25, -0.2) is 4.99 Å². The maximum absolute atomic E-state index is 12.6. The van der Waals surface area contributed by atoms with Crippen molar-refractivity contribution in [2.45, 2.75) is 58.2 Å². The lowest BCUT2D eigenvalue weighted by Gasteiger charge is -2.27. The van der Waals surface area contributed by atoms with E-state index >= 15 is 0 Å². The molecule has 0 unspecified atom stereocenters. The highest BCUT2D eigenvalue weighted by Crippen LogP contribution is 2.31. The molecule has 2 nitrogen and oxygen atoms in total. The molecule has 0 spiro atoms. The SMILES string of the molecule is C/C=C/N=C(\c1cc(CC(F)(F)F)sc1C)N(C)C1CCCC1. The molecule has 0 aliphatic heterocycles. The topological polar surface area (TPSA) is 15.6 Å². The third-order valence-electron chi connectivity index (χ3n) is 4.14. The highest BCUT2D eigenvalue weighted by molar-refractivity contribution is 7.12. The fourth-order valence-corrected chi connectivity index (χ4v) is 4.08. The minimum atomic E-state index is -4.17. The Morgan fingerprint density at radius 3 is 2.61 bits per heavy atom. The molecule has 0 N–H and O–H groups in total. The lowest BCUT2D eigenvalue weighted by Crippen LogP contribution is -2.35. The smallest absolute Gasteiger partial charge is 0.356 e. The Morgan fingerprint density at radius 1 is 1.39 bits per heavy atom. The van der Waals surface area contributed by atoms with Gasteiger partial charge in [-0.2, -0.15) is 13.2 Å². The van der Waals surface area contributed by atoms with E-state index in [2.05, 4.69) is 9.89 Å². The number of allylic oxidation sites excluding steroid dienone is 1. The number of hydrogen-bond acceptors (Lipinski definition) is 2. The molecule has 1 heterocycles. The van der Waals surface area contributed by atoms with Crippen LogP contribution in [0.4, 0.5) is 13.2 Å². The number of halogens is 3. The van der Waals surface area contributed by atoms with E-state index in [-0.39, 0.29) is 0 Å². The largest absolute Gasteiger partial charge is 0.393 e. The fourth-order valence-electron chi connectivity index (χ4n) is 3.01. The Morgan fingerprint density at radius 2 is 2.04 bits per heavy atom. The van der Waals surface area contributed by atoms with Gasteiger partial charge in [-0.15, -0.1) is 11.3 Å². The van der Waals surface area contributed by atoms with Gasteiger partial charge in [-0.3, -0.25) is 0 Å². The molecule has 0 bridgehead atoms. The molecule has 6 heteroatoms. The Balaban J connectivity index is 2.32. The molecule has 1 aliphatic rings. The first-order valence-corrected chi connectivity index (χ1v) is 8.71. The van der Waals surface area contributed by atoms with Gasteiger partial charge >= 0.3 is 6.18 Å². The number of thiophene rings is 1. The number of alkyl halides is 3. The van der Waals surface area contributed by atoms with Crippen LogP contribution in [-0.2, 0) is 6.42 Å². The molecule has 128 valence electrons. The second kappa shape index (κ2) is 7.51. The summed E-state index contributed by atoms with van der Waals surface area (Å²) in [7, 11) is 2.00. The second-order valence-corrected chi connectivity index (χ2v) is 7.30. The standard InChI is InChI=1S/C17H23F3N2S/c1-4-9-21-16(22(3)13-7-5-6-8-13)15-10-14(23-12(15)2)11-17(18,19)20/h4,9-10,13H,5-8,11H2,1-3H3/b9-4+,21-16+. The van der Waals surface area contributed by atoms with Crippen molar-refractivity contribution in [1.29, 1.82) is 0 Å². The van der Waals surface area contributed by atoms with Crippen LogP contribution in [0.15, 0.2) is 23.3 Å². The second-order valence-electron chi connectivity index (χ2n) is 5.96. The Bertz CT molecular complexity index is 581.